The number of hydrogen-bond acceptors (Lipinski definition) is 3. The largest absolute Gasteiger partial charge is 0.449 e. The molecule has 0 saturated carbocycles. The van der Waals surface area contributed by atoms with Crippen molar-refractivity contribution < 1.29 is 14.3 Å². The van der Waals surface area contributed by atoms with Crippen LogP contribution in [0, 0.1) is 17.8 Å². The molecule has 0 radical (unpaired) electrons. The molecule has 0 aliphatic rings. The Labute approximate surface area is 104 Å². The Hall–Kier alpha value is -1.06. The molecule has 1 amide bonds. The molecule has 0 heterocycles. The molecule has 1 atom stereocenters. The van der Waals surface area contributed by atoms with E-state index in [1.54, 1.807) is 0 Å². The lowest BCUT2D eigenvalue weighted by Crippen LogP contribution is -2.46. The van der Waals surface area contributed by atoms with Crippen LogP contribution in [0.3, 0.4) is 0 Å². The monoisotopic (exact) mass is 243 g/mol. The third kappa shape index (κ3) is 6.29. The van der Waals surface area contributed by atoms with Gasteiger partial charge in [-0.25, -0.2) is 4.79 Å². The van der Waals surface area contributed by atoms with Gasteiger partial charge >= 0.3 is 6.09 Å². The van der Waals surface area contributed by atoms with Gasteiger partial charge in [-0.1, -0.05) is 41.5 Å². The zero-order chi connectivity index (χ0) is 13.6. The summed E-state index contributed by atoms with van der Waals surface area (Å²) in [5.41, 5.74) is 0. The van der Waals surface area contributed by atoms with Crippen molar-refractivity contribution in [1.82, 2.24) is 5.32 Å². The van der Waals surface area contributed by atoms with Crippen LogP contribution in [0.25, 0.3) is 0 Å². The van der Waals surface area contributed by atoms with E-state index < -0.39 is 12.1 Å². The first-order chi connectivity index (χ1) is 7.75. The highest BCUT2D eigenvalue weighted by molar-refractivity contribution is 5.88. The van der Waals surface area contributed by atoms with Crippen molar-refractivity contribution in [2.75, 3.05) is 6.61 Å². The second-order valence-corrected chi connectivity index (χ2v) is 5.42. The van der Waals surface area contributed by atoms with E-state index in [2.05, 4.69) is 5.32 Å². The van der Waals surface area contributed by atoms with Crippen molar-refractivity contribution in [2.45, 2.75) is 47.6 Å². The van der Waals surface area contributed by atoms with Gasteiger partial charge < -0.3 is 10.1 Å². The maximum Gasteiger partial charge on any atom is 0.407 e. The molecular weight excluding hydrogens is 218 g/mol. The smallest absolute Gasteiger partial charge is 0.407 e. The minimum Gasteiger partial charge on any atom is -0.449 e. The number of hydrogen-bond donors (Lipinski definition) is 1. The van der Waals surface area contributed by atoms with Crippen LogP contribution in [-0.4, -0.2) is 24.5 Å². The summed E-state index contributed by atoms with van der Waals surface area (Å²) in [5, 5.41) is 2.64. The predicted molar refractivity (Wildman–Crippen MR) is 67.8 cm³/mol. The molecule has 100 valence electrons. The second kappa shape index (κ2) is 7.30. The number of ketones is 1. The maximum absolute atomic E-state index is 11.9. The molecule has 4 heteroatoms. The lowest BCUT2D eigenvalue weighted by Gasteiger charge is -2.22. The second-order valence-electron chi connectivity index (χ2n) is 5.42. The summed E-state index contributed by atoms with van der Waals surface area (Å²) in [5.74, 6) is 0.310. The van der Waals surface area contributed by atoms with Gasteiger partial charge in [-0.05, 0) is 11.8 Å². The molecule has 0 saturated heterocycles. The number of ether oxygens (including phenoxy) is 1. The number of carbonyl (C=O) groups excluding carboxylic acids is 2. The van der Waals surface area contributed by atoms with Crippen molar-refractivity contribution in [3.8, 4) is 0 Å². The summed E-state index contributed by atoms with van der Waals surface area (Å²) in [6.45, 7) is 11.8. The average molecular weight is 243 g/mol. The molecule has 0 aliphatic carbocycles. The van der Waals surface area contributed by atoms with Gasteiger partial charge in [-0.2, -0.15) is 0 Å². The number of amides is 1. The number of carbonyl (C=O) groups is 2. The quantitative estimate of drug-likeness (QED) is 0.780. The molecular formula is C13H25NO3. The lowest BCUT2D eigenvalue weighted by atomic mass is 9.93. The number of alkyl carbamates (subject to hydrolysis) is 1. The fraction of sp³-hybridized carbons (Fsp3) is 0.846. The van der Waals surface area contributed by atoms with Crippen LogP contribution in [0.4, 0.5) is 4.79 Å². The Morgan fingerprint density at radius 2 is 1.59 bits per heavy atom. The van der Waals surface area contributed by atoms with E-state index in [1.165, 1.54) is 0 Å². The summed E-state index contributed by atoms with van der Waals surface area (Å²) in [4.78, 5) is 23.4. The van der Waals surface area contributed by atoms with Gasteiger partial charge in [0.1, 0.15) is 0 Å². The minimum absolute atomic E-state index is 0.0431. The maximum atomic E-state index is 11.9. The molecule has 0 aromatic carbocycles. The van der Waals surface area contributed by atoms with Crippen LogP contribution in [-0.2, 0) is 9.53 Å². The summed E-state index contributed by atoms with van der Waals surface area (Å²) in [6, 6.07) is -0.463. The van der Waals surface area contributed by atoms with Gasteiger partial charge in [0.2, 0.25) is 0 Å². The first kappa shape index (κ1) is 15.9. The van der Waals surface area contributed by atoms with Crippen molar-refractivity contribution in [2.24, 2.45) is 17.8 Å². The van der Waals surface area contributed by atoms with E-state index >= 15 is 0 Å². The van der Waals surface area contributed by atoms with E-state index in [0.29, 0.717) is 12.5 Å². The predicted octanol–water partition coefficient (Wildman–Crippen LogP) is 2.62. The van der Waals surface area contributed by atoms with Crippen LogP contribution in [0.5, 0.6) is 0 Å². The number of nitrogens with one attached hydrogen (secondary N) is 1. The molecule has 0 spiro atoms. The first-order valence-electron chi connectivity index (χ1n) is 6.22. The van der Waals surface area contributed by atoms with Crippen molar-refractivity contribution in [1.29, 1.82) is 0 Å². The molecule has 0 fully saturated rings. The first-order valence-corrected chi connectivity index (χ1v) is 6.22. The zero-order valence-corrected chi connectivity index (χ0v) is 11.7. The van der Waals surface area contributed by atoms with Gasteiger partial charge in [0.25, 0.3) is 0 Å². The summed E-state index contributed by atoms with van der Waals surface area (Å²) < 4.78 is 5.01. The Kier molecular flexibility index (Phi) is 6.85. The van der Waals surface area contributed by atoms with E-state index in [4.69, 9.17) is 4.74 Å². The average Bonchev–Trinajstić information content (AvgIpc) is 2.21. The molecule has 0 aromatic rings. The Morgan fingerprint density at radius 3 is 1.94 bits per heavy atom. The number of Topliss-reactive ketones (excluding diaryl/α,β-unsaturated/α-hetero) is 1. The standard InChI is InChI=1S/C13H25NO3/c1-8(2)7-17-13(16)14-11(9(3)4)12(15)10(5)6/h8-11H,7H2,1-6H3,(H,14,16). The summed E-state index contributed by atoms with van der Waals surface area (Å²) >= 11 is 0. The molecule has 4 nitrogen and oxygen atoms in total. The van der Waals surface area contributed by atoms with Crippen LogP contribution >= 0.6 is 0 Å². The molecule has 0 aliphatic heterocycles. The van der Waals surface area contributed by atoms with Crippen LogP contribution in [0.15, 0.2) is 0 Å². The van der Waals surface area contributed by atoms with Crippen molar-refractivity contribution >= 4 is 11.9 Å². The third-order valence-electron chi connectivity index (χ3n) is 2.36. The van der Waals surface area contributed by atoms with Crippen molar-refractivity contribution in [3.05, 3.63) is 0 Å². The van der Waals surface area contributed by atoms with Gasteiger partial charge in [0, 0.05) is 5.92 Å². The van der Waals surface area contributed by atoms with E-state index in [-0.39, 0.29) is 17.6 Å². The SMILES string of the molecule is CC(C)COC(=O)NC(C(=O)C(C)C)C(C)C. The molecule has 0 aromatic heterocycles. The Morgan fingerprint density at radius 1 is 1.06 bits per heavy atom. The van der Waals surface area contributed by atoms with Crippen LogP contribution in [0.1, 0.15) is 41.5 Å². The molecule has 17 heavy (non-hydrogen) atoms. The van der Waals surface area contributed by atoms with Gasteiger partial charge in [-0.15, -0.1) is 0 Å². The van der Waals surface area contributed by atoms with Gasteiger partial charge in [-0.3, -0.25) is 4.79 Å². The van der Waals surface area contributed by atoms with Gasteiger partial charge in [0.15, 0.2) is 5.78 Å². The summed E-state index contributed by atoms with van der Waals surface area (Å²) in [6.07, 6.45) is -0.508. The lowest BCUT2D eigenvalue weighted by molar-refractivity contribution is -0.124. The molecule has 1 N–H and O–H groups in total. The summed E-state index contributed by atoms with van der Waals surface area (Å²) in [7, 11) is 0. The van der Waals surface area contributed by atoms with Crippen molar-refractivity contribution in [3.63, 3.8) is 0 Å². The number of rotatable bonds is 6. The van der Waals surface area contributed by atoms with Crippen LogP contribution < -0.4 is 5.32 Å². The van der Waals surface area contributed by atoms with Crippen LogP contribution in [0.2, 0.25) is 0 Å². The van der Waals surface area contributed by atoms with E-state index in [0.717, 1.165) is 0 Å². The van der Waals surface area contributed by atoms with E-state index in [9.17, 15) is 9.59 Å². The highest BCUT2D eigenvalue weighted by atomic mass is 16.5. The fourth-order valence-corrected chi connectivity index (χ4v) is 1.34. The normalized spacial score (nSPS) is 13.0. The molecule has 0 rings (SSSR count). The molecule has 0 bridgehead atoms. The fourth-order valence-electron chi connectivity index (χ4n) is 1.34. The highest BCUT2D eigenvalue weighted by Crippen LogP contribution is 2.09. The highest BCUT2D eigenvalue weighted by Gasteiger charge is 2.26. The molecule has 1 unspecified atom stereocenters. The minimum atomic E-state index is -0.508. The topological polar surface area (TPSA) is 55.4 Å². The Balaban J connectivity index is 4.36. The van der Waals surface area contributed by atoms with Gasteiger partial charge in [0.05, 0.1) is 12.6 Å². The zero-order valence-electron chi connectivity index (χ0n) is 11.7. The third-order valence-corrected chi connectivity index (χ3v) is 2.36. The van der Waals surface area contributed by atoms with E-state index in [1.807, 2.05) is 41.5 Å². The Bertz CT molecular complexity index is 259.